The van der Waals surface area contributed by atoms with Crippen molar-refractivity contribution >= 4 is 23.2 Å². The van der Waals surface area contributed by atoms with Gasteiger partial charge in [0.25, 0.3) is 5.91 Å². The van der Waals surface area contributed by atoms with E-state index in [1.807, 2.05) is 0 Å². The fraction of sp³-hybridized carbons (Fsp3) is 0.294. The zero-order chi connectivity index (χ0) is 18.9. The van der Waals surface area contributed by atoms with Gasteiger partial charge in [-0.1, -0.05) is 17.7 Å². The number of amides is 1. The van der Waals surface area contributed by atoms with Crippen LogP contribution in [-0.2, 0) is 6.42 Å². The second-order valence-electron chi connectivity index (χ2n) is 5.75. The Labute approximate surface area is 151 Å². The third kappa shape index (κ3) is 4.07. The van der Waals surface area contributed by atoms with Crippen LogP contribution >= 0.6 is 11.6 Å². The first kappa shape index (κ1) is 18.4. The van der Waals surface area contributed by atoms with E-state index in [-0.39, 0.29) is 10.6 Å². The van der Waals surface area contributed by atoms with Crippen LogP contribution < -0.4 is 9.64 Å². The molecule has 4 nitrogen and oxygen atoms in total. The molecule has 0 saturated heterocycles. The Morgan fingerprint density at radius 3 is 2.77 bits per heavy atom. The van der Waals surface area contributed by atoms with E-state index in [1.165, 1.54) is 23.1 Å². The fourth-order valence-corrected chi connectivity index (χ4v) is 2.93. The van der Waals surface area contributed by atoms with Crippen molar-refractivity contribution in [1.82, 2.24) is 4.98 Å². The van der Waals surface area contributed by atoms with Gasteiger partial charge in [-0.25, -0.2) is 9.37 Å². The second-order valence-corrected chi connectivity index (χ2v) is 6.16. The standard InChI is InChI=1S/C17H13ClF4N2O2/c18-13-6-11(8-23-15(13)26-9-17(20,21)22)16(25)24-5-1-2-10-3-4-12(19)7-14(10)24/h3-4,6-8H,1-2,5,9H2. The summed E-state index contributed by atoms with van der Waals surface area (Å²) in [5, 5.41) is -0.212. The molecule has 0 N–H and O–H groups in total. The summed E-state index contributed by atoms with van der Waals surface area (Å²) in [6.45, 7) is -1.15. The van der Waals surface area contributed by atoms with Crippen LogP contribution in [-0.4, -0.2) is 30.2 Å². The Hall–Kier alpha value is -2.35. The summed E-state index contributed by atoms with van der Waals surface area (Å²) in [6.07, 6.45) is -2.00. The number of anilines is 1. The zero-order valence-electron chi connectivity index (χ0n) is 13.3. The molecule has 1 aromatic carbocycles. The van der Waals surface area contributed by atoms with Crippen LogP contribution in [0.15, 0.2) is 30.5 Å². The molecule has 26 heavy (non-hydrogen) atoms. The summed E-state index contributed by atoms with van der Waals surface area (Å²) >= 11 is 5.88. The van der Waals surface area contributed by atoms with E-state index < -0.39 is 30.4 Å². The molecule has 1 aliphatic heterocycles. The number of halogens is 5. The summed E-state index contributed by atoms with van der Waals surface area (Å²) < 4.78 is 54.7. The van der Waals surface area contributed by atoms with Crippen molar-refractivity contribution in [2.45, 2.75) is 19.0 Å². The molecule has 0 atom stereocenters. The predicted octanol–water partition coefficient (Wildman–Crippen LogP) is 4.41. The molecule has 1 amide bonds. The quantitative estimate of drug-likeness (QED) is 0.731. The molecule has 0 unspecified atom stereocenters. The molecule has 0 fully saturated rings. The number of alkyl halides is 3. The van der Waals surface area contributed by atoms with Crippen LogP contribution in [0.1, 0.15) is 22.3 Å². The molecule has 2 aromatic rings. The average Bonchev–Trinajstić information content (AvgIpc) is 2.58. The van der Waals surface area contributed by atoms with Crippen molar-refractivity contribution in [3.8, 4) is 5.88 Å². The lowest BCUT2D eigenvalue weighted by Gasteiger charge is -2.29. The Kier molecular flexibility index (Phi) is 5.04. The number of nitrogens with zero attached hydrogens (tertiary/aromatic N) is 2. The maximum absolute atomic E-state index is 13.6. The molecular formula is C17H13ClF4N2O2. The lowest BCUT2D eigenvalue weighted by Crippen LogP contribution is -2.35. The highest BCUT2D eigenvalue weighted by molar-refractivity contribution is 6.32. The van der Waals surface area contributed by atoms with Gasteiger partial charge in [-0.2, -0.15) is 13.2 Å². The molecule has 2 heterocycles. The van der Waals surface area contributed by atoms with Crippen LogP contribution in [0, 0.1) is 5.82 Å². The minimum Gasteiger partial charge on any atom is -0.467 e. The van der Waals surface area contributed by atoms with E-state index in [0.29, 0.717) is 18.7 Å². The van der Waals surface area contributed by atoms with Crippen LogP contribution in [0.5, 0.6) is 5.88 Å². The Balaban J connectivity index is 1.83. The monoisotopic (exact) mass is 388 g/mol. The van der Waals surface area contributed by atoms with E-state index in [4.69, 9.17) is 11.6 Å². The van der Waals surface area contributed by atoms with Gasteiger partial charge in [-0.3, -0.25) is 4.79 Å². The maximum atomic E-state index is 13.6. The Morgan fingerprint density at radius 2 is 2.08 bits per heavy atom. The highest BCUT2D eigenvalue weighted by atomic mass is 35.5. The maximum Gasteiger partial charge on any atom is 0.422 e. The van der Waals surface area contributed by atoms with E-state index >= 15 is 0 Å². The minimum atomic E-state index is -4.53. The molecule has 0 saturated carbocycles. The number of hydrogen-bond donors (Lipinski definition) is 0. The van der Waals surface area contributed by atoms with Crippen LogP contribution in [0.3, 0.4) is 0 Å². The topological polar surface area (TPSA) is 42.4 Å². The number of hydrogen-bond acceptors (Lipinski definition) is 3. The summed E-state index contributed by atoms with van der Waals surface area (Å²) in [6, 6.07) is 5.43. The zero-order valence-corrected chi connectivity index (χ0v) is 14.1. The van der Waals surface area contributed by atoms with Crippen molar-refractivity contribution in [3.05, 3.63) is 52.4 Å². The normalized spacial score (nSPS) is 14.1. The number of aryl methyl sites for hydroxylation is 1. The molecule has 0 spiro atoms. The molecule has 0 radical (unpaired) electrons. The molecule has 0 aliphatic carbocycles. The lowest BCUT2D eigenvalue weighted by molar-refractivity contribution is -0.154. The van der Waals surface area contributed by atoms with Gasteiger partial charge in [0.05, 0.1) is 11.3 Å². The van der Waals surface area contributed by atoms with Crippen LogP contribution in [0.2, 0.25) is 5.02 Å². The van der Waals surface area contributed by atoms with E-state index in [1.54, 1.807) is 6.07 Å². The Morgan fingerprint density at radius 1 is 1.31 bits per heavy atom. The highest BCUT2D eigenvalue weighted by Crippen LogP contribution is 2.31. The van der Waals surface area contributed by atoms with Crippen molar-refractivity contribution < 1.29 is 27.1 Å². The Bertz CT molecular complexity index is 842. The smallest absolute Gasteiger partial charge is 0.422 e. The fourth-order valence-electron chi connectivity index (χ4n) is 2.71. The average molecular weight is 389 g/mol. The minimum absolute atomic E-state index is 0.0754. The largest absolute Gasteiger partial charge is 0.467 e. The highest BCUT2D eigenvalue weighted by Gasteiger charge is 2.29. The van der Waals surface area contributed by atoms with Crippen molar-refractivity contribution in [3.63, 3.8) is 0 Å². The first-order chi connectivity index (χ1) is 12.2. The number of aromatic nitrogens is 1. The number of rotatable bonds is 3. The van der Waals surface area contributed by atoms with Gasteiger partial charge in [-0.05, 0) is 36.6 Å². The molecule has 9 heteroatoms. The van der Waals surface area contributed by atoms with E-state index in [9.17, 15) is 22.4 Å². The number of carbonyl (C=O) groups excluding carboxylic acids is 1. The van der Waals surface area contributed by atoms with Gasteiger partial charge < -0.3 is 9.64 Å². The number of ether oxygens (including phenoxy) is 1. The van der Waals surface area contributed by atoms with E-state index in [2.05, 4.69) is 9.72 Å². The van der Waals surface area contributed by atoms with Gasteiger partial charge in [0, 0.05) is 12.7 Å². The van der Waals surface area contributed by atoms with Crippen LogP contribution in [0.25, 0.3) is 0 Å². The van der Waals surface area contributed by atoms with Crippen LogP contribution in [0.4, 0.5) is 23.2 Å². The van der Waals surface area contributed by atoms with E-state index in [0.717, 1.165) is 18.2 Å². The molecule has 138 valence electrons. The SMILES string of the molecule is O=C(c1cnc(OCC(F)(F)F)c(Cl)c1)N1CCCc2ccc(F)cc21. The number of carbonyl (C=O) groups is 1. The van der Waals surface area contributed by atoms with Crippen molar-refractivity contribution in [2.75, 3.05) is 18.1 Å². The lowest BCUT2D eigenvalue weighted by atomic mass is 10.0. The van der Waals surface area contributed by atoms with Crippen molar-refractivity contribution in [2.24, 2.45) is 0 Å². The van der Waals surface area contributed by atoms with Gasteiger partial charge in [-0.15, -0.1) is 0 Å². The molecule has 1 aromatic heterocycles. The first-order valence-corrected chi connectivity index (χ1v) is 8.08. The van der Waals surface area contributed by atoms with Gasteiger partial charge >= 0.3 is 6.18 Å². The predicted molar refractivity (Wildman–Crippen MR) is 87.2 cm³/mol. The van der Waals surface area contributed by atoms with Gasteiger partial charge in [0.1, 0.15) is 10.8 Å². The third-order valence-electron chi connectivity index (χ3n) is 3.84. The summed E-state index contributed by atoms with van der Waals surface area (Å²) in [7, 11) is 0. The van der Waals surface area contributed by atoms with Gasteiger partial charge in [0.15, 0.2) is 6.61 Å². The molecule has 1 aliphatic rings. The summed E-state index contributed by atoms with van der Waals surface area (Å²) in [4.78, 5) is 17.8. The third-order valence-corrected chi connectivity index (χ3v) is 4.11. The number of benzene rings is 1. The number of fused-ring (bicyclic) bond motifs is 1. The summed E-state index contributed by atoms with van der Waals surface area (Å²) in [5.74, 6) is -1.34. The first-order valence-electron chi connectivity index (χ1n) is 7.70. The summed E-state index contributed by atoms with van der Waals surface area (Å²) in [5.41, 5.74) is 1.39. The van der Waals surface area contributed by atoms with Gasteiger partial charge in [0.2, 0.25) is 5.88 Å². The number of pyridine rings is 1. The molecular weight excluding hydrogens is 376 g/mol. The van der Waals surface area contributed by atoms with Crippen molar-refractivity contribution in [1.29, 1.82) is 0 Å². The second kappa shape index (κ2) is 7.11. The molecule has 0 bridgehead atoms. The molecule has 3 rings (SSSR count).